The Morgan fingerprint density at radius 3 is 2.77 bits per heavy atom. The lowest BCUT2D eigenvalue weighted by Crippen LogP contribution is -2.44. The molecule has 1 aromatic carbocycles. The average molecular weight is 405 g/mol. The summed E-state index contributed by atoms with van der Waals surface area (Å²) in [6, 6.07) is 14.3. The van der Waals surface area contributed by atoms with E-state index in [-0.39, 0.29) is 17.4 Å². The first-order chi connectivity index (χ1) is 14.4. The van der Waals surface area contributed by atoms with Crippen molar-refractivity contribution in [1.82, 2.24) is 19.6 Å². The molecule has 1 aliphatic heterocycles. The number of aromatic nitrogens is 2. The Morgan fingerprint density at radius 2 is 2.03 bits per heavy atom. The number of amides is 2. The summed E-state index contributed by atoms with van der Waals surface area (Å²) in [4.78, 5) is 31.0. The van der Waals surface area contributed by atoms with E-state index in [0.717, 1.165) is 24.2 Å². The quantitative estimate of drug-likeness (QED) is 0.657. The molecule has 3 aromatic rings. The number of nitrogens with zero attached hydrogens (tertiary/aromatic N) is 3. The number of hydrogen-bond donors (Lipinski definition) is 1. The van der Waals surface area contributed by atoms with E-state index in [4.69, 9.17) is 0 Å². The first kappa shape index (κ1) is 20.1. The average Bonchev–Trinajstić information content (AvgIpc) is 3.32. The molecular formula is C24H28N4O2. The van der Waals surface area contributed by atoms with E-state index in [1.54, 1.807) is 4.90 Å². The van der Waals surface area contributed by atoms with Gasteiger partial charge in [-0.25, -0.2) is 4.98 Å². The zero-order valence-electron chi connectivity index (χ0n) is 17.6. The molecule has 156 valence electrons. The molecule has 0 spiro atoms. The third kappa shape index (κ3) is 4.37. The molecular weight excluding hydrogens is 376 g/mol. The number of aryl methyl sites for hydroxylation is 1. The first-order valence-electron chi connectivity index (χ1n) is 10.5. The molecule has 1 aliphatic rings. The van der Waals surface area contributed by atoms with Crippen LogP contribution in [0, 0.1) is 6.92 Å². The van der Waals surface area contributed by atoms with Crippen LogP contribution in [0.25, 0.3) is 5.65 Å². The van der Waals surface area contributed by atoms with Crippen molar-refractivity contribution in [1.29, 1.82) is 0 Å². The van der Waals surface area contributed by atoms with Crippen molar-refractivity contribution >= 4 is 17.5 Å². The van der Waals surface area contributed by atoms with Gasteiger partial charge in [-0.1, -0.05) is 35.9 Å². The molecule has 4 rings (SSSR count). The Morgan fingerprint density at radius 1 is 1.23 bits per heavy atom. The van der Waals surface area contributed by atoms with Gasteiger partial charge in [0.15, 0.2) is 0 Å². The fraction of sp³-hybridized carbons (Fsp3) is 0.375. The van der Waals surface area contributed by atoms with Crippen LogP contribution in [0.5, 0.6) is 0 Å². The van der Waals surface area contributed by atoms with Gasteiger partial charge >= 0.3 is 0 Å². The van der Waals surface area contributed by atoms with Crippen LogP contribution in [-0.2, 0) is 22.6 Å². The normalized spacial score (nSPS) is 18.5. The summed E-state index contributed by atoms with van der Waals surface area (Å²) in [6.45, 7) is 2.57. The molecule has 0 bridgehead atoms. The third-order valence-electron chi connectivity index (χ3n) is 6.03. The highest BCUT2D eigenvalue weighted by atomic mass is 16.2. The monoisotopic (exact) mass is 404 g/mol. The Balaban J connectivity index is 1.40. The largest absolute Gasteiger partial charge is 0.350 e. The van der Waals surface area contributed by atoms with E-state index < -0.39 is 0 Å². The smallest absolute Gasteiger partial charge is 0.222 e. The van der Waals surface area contributed by atoms with E-state index in [1.807, 2.05) is 42.0 Å². The van der Waals surface area contributed by atoms with Crippen molar-refractivity contribution in [3.05, 3.63) is 71.7 Å². The van der Waals surface area contributed by atoms with Crippen molar-refractivity contribution in [3.63, 3.8) is 0 Å². The van der Waals surface area contributed by atoms with Gasteiger partial charge in [0.1, 0.15) is 5.65 Å². The summed E-state index contributed by atoms with van der Waals surface area (Å²) in [5.41, 5.74) is 3.91. The fourth-order valence-corrected chi connectivity index (χ4v) is 4.25. The summed E-state index contributed by atoms with van der Waals surface area (Å²) < 4.78 is 2.00. The van der Waals surface area contributed by atoms with Crippen LogP contribution in [0.15, 0.2) is 54.9 Å². The molecule has 6 heteroatoms. The first-order valence-corrected chi connectivity index (χ1v) is 10.5. The van der Waals surface area contributed by atoms with Gasteiger partial charge in [0.25, 0.3) is 0 Å². The number of carbonyl (C=O) groups excluding carboxylic acids is 2. The van der Waals surface area contributed by atoms with Crippen LogP contribution in [0.2, 0.25) is 0 Å². The molecule has 2 aromatic heterocycles. The van der Waals surface area contributed by atoms with E-state index in [9.17, 15) is 9.59 Å². The second-order valence-electron chi connectivity index (χ2n) is 8.42. The summed E-state index contributed by atoms with van der Waals surface area (Å²) in [5, 5.41) is 3.17. The van der Waals surface area contributed by atoms with Crippen molar-refractivity contribution in [2.24, 2.45) is 0 Å². The maximum atomic E-state index is 12.9. The number of nitrogens with one attached hydrogen (secondary N) is 1. The molecule has 1 saturated heterocycles. The minimum atomic E-state index is -0.341. The molecule has 1 fully saturated rings. The van der Waals surface area contributed by atoms with Crippen LogP contribution in [0.3, 0.4) is 0 Å². The van der Waals surface area contributed by atoms with Gasteiger partial charge in [0.2, 0.25) is 11.8 Å². The van der Waals surface area contributed by atoms with Crippen molar-refractivity contribution in [2.75, 3.05) is 7.05 Å². The van der Waals surface area contributed by atoms with Gasteiger partial charge in [0, 0.05) is 31.6 Å². The molecule has 3 heterocycles. The van der Waals surface area contributed by atoms with Gasteiger partial charge in [-0.2, -0.15) is 0 Å². The SMILES string of the molecule is Cc1ccc(CC2(CCC(=O)N(C)Cc3cnc4ccccn34)CCC(=O)N2)cc1. The number of hydrogen-bond acceptors (Lipinski definition) is 3. The van der Waals surface area contributed by atoms with Crippen LogP contribution in [0.1, 0.15) is 42.5 Å². The van der Waals surface area contributed by atoms with Crippen LogP contribution < -0.4 is 5.32 Å². The zero-order valence-corrected chi connectivity index (χ0v) is 17.6. The molecule has 1 N–H and O–H groups in total. The minimum Gasteiger partial charge on any atom is -0.350 e. The lowest BCUT2D eigenvalue weighted by Gasteiger charge is -2.30. The predicted octanol–water partition coefficient (Wildman–Crippen LogP) is 3.27. The van der Waals surface area contributed by atoms with E-state index >= 15 is 0 Å². The van der Waals surface area contributed by atoms with Crippen molar-refractivity contribution in [2.45, 2.75) is 51.1 Å². The Bertz CT molecular complexity index is 1060. The number of benzene rings is 1. The molecule has 30 heavy (non-hydrogen) atoms. The minimum absolute atomic E-state index is 0.0744. The number of pyridine rings is 1. The lowest BCUT2D eigenvalue weighted by atomic mass is 9.84. The van der Waals surface area contributed by atoms with Gasteiger partial charge < -0.3 is 14.6 Å². The molecule has 2 amide bonds. The second kappa shape index (κ2) is 8.30. The Hall–Kier alpha value is -3.15. The van der Waals surface area contributed by atoms with Gasteiger partial charge in [0.05, 0.1) is 18.4 Å². The number of carbonyl (C=O) groups is 2. The van der Waals surface area contributed by atoms with E-state index in [0.29, 0.717) is 25.8 Å². The van der Waals surface area contributed by atoms with Crippen molar-refractivity contribution in [3.8, 4) is 0 Å². The summed E-state index contributed by atoms with van der Waals surface area (Å²) in [7, 11) is 1.82. The second-order valence-corrected chi connectivity index (χ2v) is 8.42. The van der Waals surface area contributed by atoms with Crippen LogP contribution in [0.4, 0.5) is 0 Å². The molecule has 0 radical (unpaired) electrons. The topological polar surface area (TPSA) is 66.7 Å². The maximum Gasteiger partial charge on any atom is 0.222 e. The highest BCUT2D eigenvalue weighted by Crippen LogP contribution is 2.30. The zero-order chi connectivity index (χ0) is 21.1. The van der Waals surface area contributed by atoms with Crippen LogP contribution >= 0.6 is 0 Å². The molecule has 1 unspecified atom stereocenters. The Labute approximate surface area is 176 Å². The number of imidazole rings is 1. The standard InChI is InChI=1S/C24H28N4O2/c1-18-6-8-19(9-7-18)15-24(12-10-22(29)26-24)13-11-23(30)27(2)17-20-16-25-21-5-3-4-14-28(20)21/h3-9,14,16H,10-13,15,17H2,1-2H3,(H,26,29). The maximum absolute atomic E-state index is 12.9. The summed E-state index contributed by atoms with van der Waals surface area (Å²) in [6.07, 6.45) is 6.86. The molecule has 6 nitrogen and oxygen atoms in total. The number of rotatable bonds is 7. The number of fused-ring (bicyclic) bond motifs is 1. The summed E-state index contributed by atoms with van der Waals surface area (Å²) >= 11 is 0. The van der Waals surface area contributed by atoms with Gasteiger partial charge in [-0.05, 0) is 43.9 Å². The third-order valence-corrected chi connectivity index (χ3v) is 6.03. The highest BCUT2D eigenvalue weighted by Gasteiger charge is 2.38. The summed E-state index contributed by atoms with van der Waals surface area (Å²) in [5.74, 6) is 0.152. The Kier molecular flexibility index (Phi) is 5.57. The van der Waals surface area contributed by atoms with Gasteiger partial charge in [-0.3, -0.25) is 9.59 Å². The van der Waals surface area contributed by atoms with E-state index in [2.05, 4.69) is 41.5 Å². The molecule has 1 atom stereocenters. The van der Waals surface area contributed by atoms with E-state index in [1.165, 1.54) is 11.1 Å². The predicted molar refractivity (Wildman–Crippen MR) is 116 cm³/mol. The fourth-order valence-electron chi connectivity index (χ4n) is 4.25. The lowest BCUT2D eigenvalue weighted by molar-refractivity contribution is -0.131. The van der Waals surface area contributed by atoms with Crippen molar-refractivity contribution < 1.29 is 9.59 Å². The van der Waals surface area contributed by atoms with Gasteiger partial charge in [-0.15, -0.1) is 0 Å². The highest BCUT2D eigenvalue weighted by molar-refractivity contribution is 5.80. The molecule has 0 aliphatic carbocycles. The van der Waals surface area contributed by atoms with Crippen LogP contribution in [-0.4, -0.2) is 38.7 Å². The molecule has 0 saturated carbocycles.